The molecule has 0 bridgehead atoms. The predicted octanol–water partition coefficient (Wildman–Crippen LogP) is 5.77. The molecule has 0 saturated heterocycles. The molecule has 2 atom stereocenters. The van der Waals surface area contributed by atoms with Gasteiger partial charge in [-0.15, -0.1) is 0 Å². The molecule has 2 aliphatic carbocycles. The maximum Gasteiger partial charge on any atom is 0.305 e. The van der Waals surface area contributed by atoms with Gasteiger partial charge in [0.25, 0.3) is 0 Å². The third-order valence-corrected chi connectivity index (χ3v) is 4.94. The molecule has 2 aliphatic rings. The Bertz CT molecular complexity index is 792. The SMILES string of the molecule is C=C(/C(=C\C=C/CF)OC1C=CC2=C(C=C1)CC(CCC(=O)OC)CC2)[N+](=O)[O-].CC. The van der Waals surface area contributed by atoms with Crippen LogP contribution in [0.2, 0.25) is 0 Å². The summed E-state index contributed by atoms with van der Waals surface area (Å²) in [5.74, 6) is 0.204. The summed E-state index contributed by atoms with van der Waals surface area (Å²) >= 11 is 0. The van der Waals surface area contributed by atoms with Crippen molar-refractivity contribution in [2.24, 2.45) is 5.92 Å². The van der Waals surface area contributed by atoms with Gasteiger partial charge in [-0.25, -0.2) is 4.39 Å². The Morgan fingerprint density at radius 3 is 2.61 bits per heavy atom. The second-order valence-electron chi connectivity index (χ2n) is 6.89. The average Bonchev–Trinajstić information content (AvgIpc) is 2.99. The van der Waals surface area contributed by atoms with Gasteiger partial charge < -0.3 is 9.47 Å². The Kier molecular flexibility index (Phi) is 11.9. The van der Waals surface area contributed by atoms with Crippen LogP contribution in [0.4, 0.5) is 4.39 Å². The Hall–Kier alpha value is -2.96. The molecule has 0 saturated carbocycles. The number of ether oxygens (including phenoxy) is 2. The van der Waals surface area contributed by atoms with Crippen LogP contribution < -0.4 is 0 Å². The van der Waals surface area contributed by atoms with Crippen molar-refractivity contribution >= 4 is 5.97 Å². The molecule has 6 nitrogen and oxygen atoms in total. The van der Waals surface area contributed by atoms with E-state index in [2.05, 4.69) is 6.58 Å². The summed E-state index contributed by atoms with van der Waals surface area (Å²) in [7, 11) is 1.40. The predicted molar refractivity (Wildman–Crippen MR) is 119 cm³/mol. The highest BCUT2D eigenvalue weighted by Crippen LogP contribution is 2.35. The number of methoxy groups -OCH3 is 1. The minimum absolute atomic E-state index is 0.0187. The number of carbonyl (C=O) groups excluding carboxylic acids is 1. The number of allylic oxidation sites excluding steroid dienone is 7. The lowest BCUT2D eigenvalue weighted by atomic mass is 9.81. The second kappa shape index (κ2) is 14.1. The lowest BCUT2D eigenvalue weighted by Crippen LogP contribution is -2.11. The lowest BCUT2D eigenvalue weighted by Gasteiger charge is -2.24. The maximum atomic E-state index is 12.3. The highest BCUT2D eigenvalue weighted by atomic mass is 19.1. The van der Waals surface area contributed by atoms with Crippen LogP contribution in [0.25, 0.3) is 0 Å². The average molecular weight is 434 g/mol. The van der Waals surface area contributed by atoms with Crippen molar-refractivity contribution in [1.29, 1.82) is 0 Å². The van der Waals surface area contributed by atoms with Crippen molar-refractivity contribution in [3.05, 3.63) is 81.8 Å². The van der Waals surface area contributed by atoms with Gasteiger partial charge in [-0.1, -0.05) is 38.2 Å². The zero-order valence-corrected chi connectivity index (χ0v) is 18.5. The number of esters is 1. The quantitative estimate of drug-likeness (QED) is 0.152. The zero-order chi connectivity index (χ0) is 23.2. The fourth-order valence-corrected chi connectivity index (χ4v) is 3.31. The lowest BCUT2D eigenvalue weighted by molar-refractivity contribution is -0.423. The first kappa shape index (κ1) is 26.1. The minimum atomic E-state index is -0.675. The van der Waals surface area contributed by atoms with Gasteiger partial charge in [-0.2, -0.15) is 0 Å². The van der Waals surface area contributed by atoms with Crippen LogP contribution in [0.15, 0.2) is 71.7 Å². The molecule has 2 unspecified atom stereocenters. The van der Waals surface area contributed by atoms with E-state index in [1.807, 2.05) is 38.2 Å². The summed E-state index contributed by atoms with van der Waals surface area (Å²) in [6.07, 6.45) is 15.0. The molecule has 170 valence electrons. The van der Waals surface area contributed by atoms with Gasteiger partial charge in [0.15, 0.2) is 5.76 Å². The number of alkyl halides is 1. The topological polar surface area (TPSA) is 78.7 Å². The number of carbonyl (C=O) groups is 1. The fourth-order valence-electron chi connectivity index (χ4n) is 3.31. The fraction of sp³-hybridized carbons (Fsp3) is 0.458. The zero-order valence-electron chi connectivity index (χ0n) is 18.5. The second-order valence-corrected chi connectivity index (χ2v) is 6.89. The van der Waals surface area contributed by atoms with Crippen LogP contribution in [-0.2, 0) is 14.3 Å². The molecule has 31 heavy (non-hydrogen) atoms. The van der Waals surface area contributed by atoms with Crippen molar-refractivity contribution in [3.63, 3.8) is 0 Å². The number of nitrogens with zero attached hydrogens (tertiary/aromatic N) is 1. The number of rotatable bonds is 9. The van der Waals surface area contributed by atoms with Gasteiger partial charge in [-0.05, 0) is 67.6 Å². The van der Waals surface area contributed by atoms with Gasteiger partial charge in [0.2, 0.25) is 0 Å². The van der Waals surface area contributed by atoms with Gasteiger partial charge >= 0.3 is 11.7 Å². The number of hydrogen-bond acceptors (Lipinski definition) is 5. The Morgan fingerprint density at radius 1 is 1.32 bits per heavy atom. The molecule has 2 rings (SSSR count). The highest BCUT2D eigenvalue weighted by Gasteiger charge is 2.23. The molecule has 0 fully saturated rings. The smallest absolute Gasteiger partial charge is 0.305 e. The summed E-state index contributed by atoms with van der Waals surface area (Å²) < 4.78 is 22.7. The van der Waals surface area contributed by atoms with Crippen molar-refractivity contribution < 1.29 is 23.6 Å². The molecule has 0 radical (unpaired) electrons. The van der Waals surface area contributed by atoms with Crippen molar-refractivity contribution in [2.45, 2.75) is 52.1 Å². The largest absolute Gasteiger partial charge is 0.475 e. The summed E-state index contributed by atoms with van der Waals surface area (Å²) in [5, 5.41) is 11.1. The molecule has 0 N–H and O–H groups in total. The molecule has 0 aliphatic heterocycles. The minimum Gasteiger partial charge on any atom is -0.475 e. The summed E-state index contributed by atoms with van der Waals surface area (Å²) in [6.45, 7) is 6.75. The number of nitro groups is 1. The first-order chi connectivity index (χ1) is 14.9. The van der Waals surface area contributed by atoms with E-state index in [1.165, 1.54) is 36.5 Å². The molecule has 0 aromatic rings. The van der Waals surface area contributed by atoms with E-state index in [4.69, 9.17) is 9.47 Å². The van der Waals surface area contributed by atoms with Gasteiger partial charge in [0.1, 0.15) is 12.8 Å². The Balaban J connectivity index is 0.00000233. The Morgan fingerprint density at radius 2 is 2.00 bits per heavy atom. The van der Waals surface area contributed by atoms with Gasteiger partial charge in [-0.3, -0.25) is 14.9 Å². The monoisotopic (exact) mass is 433 g/mol. The van der Waals surface area contributed by atoms with Crippen molar-refractivity contribution in [2.75, 3.05) is 13.8 Å². The molecule has 0 amide bonds. The summed E-state index contributed by atoms with van der Waals surface area (Å²) in [5.41, 5.74) is 2.00. The number of hydrogen-bond donors (Lipinski definition) is 0. The van der Waals surface area contributed by atoms with E-state index in [0.29, 0.717) is 12.3 Å². The Labute approximate surface area is 183 Å². The van der Waals surface area contributed by atoms with Crippen LogP contribution >= 0.6 is 0 Å². The number of halogens is 1. The van der Waals surface area contributed by atoms with E-state index < -0.39 is 17.7 Å². The molecule has 7 heteroatoms. The van der Waals surface area contributed by atoms with E-state index in [-0.39, 0.29) is 17.4 Å². The molecule has 0 aromatic carbocycles. The molecular weight excluding hydrogens is 401 g/mol. The first-order valence-corrected chi connectivity index (χ1v) is 10.5. The third-order valence-electron chi connectivity index (χ3n) is 4.94. The maximum absolute atomic E-state index is 12.3. The van der Waals surface area contributed by atoms with Gasteiger partial charge in [0, 0.05) is 6.42 Å². The van der Waals surface area contributed by atoms with E-state index in [9.17, 15) is 19.3 Å². The first-order valence-electron chi connectivity index (χ1n) is 10.5. The van der Waals surface area contributed by atoms with Crippen LogP contribution in [0.5, 0.6) is 0 Å². The highest BCUT2D eigenvalue weighted by molar-refractivity contribution is 5.69. The third kappa shape index (κ3) is 8.74. The van der Waals surface area contributed by atoms with Gasteiger partial charge in [0.05, 0.1) is 12.0 Å². The van der Waals surface area contributed by atoms with E-state index in [1.54, 1.807) is 0 Å². The summed E-state index contributed by atoms with van der Waals surface area (Å²) in [6, 6.07) is 0. The molecule has 0 aromatic heterocycles. The van der Waals surface area contributed by atoms with Crippen LogP contribution in [0.3, 0.4) is 0 Å². The molecule has 0 heterocycles. The van der Waals surface area contributed by atoms with Crippen LogP contribution in [0.1, 0.15) is 46.0 Å². The standard InChI is InChI=1S/C22H26FNO5.C2H6/c1-16(24(26)27)21(5-3-4-14-23)29-20-11-9-18-8-6-17(7-13-22(25)28-2)15-19(18)10-12-20;1-2/h3-5,9-12,17,20H,1,6-8,13-15H2,2H3;1-2H3/b4-3-,21-5+;. The van der Waals surface area contributed by atoms with Crippen LogP contribution in [0, 0.1) is 16.0 Å². The van der Waals surface area contributed by atoms with Crippen molar-refractivity contribution in [3.8, 4) is 0 Å². The summed E-state index contributed by atoms with van der Waals surface area (Å²) in [4.78, 5) is 21.8. The van der Waals surface area contributed by atoms with Crippen LogP contribution in [-0.4, -0.2) is 30.8 Å². The normalized spacial score (nSPS) is 20.5. The molecular formula is C24H32FNO5. The van der Waals surface area contributed by atoms with E-state index in [0.717, 1.165) is 25.7 Å². The van der Waals surface area contributed by atoms with E-state index >= 15 is 0 Å². The van der Waals surface area contributed by atoms with Crippen molar-refractivity contribution in [1.82, 2.24) is 0 Å². The molecule has 0 spiro atoms.